The summed E-state index contributed by atoms with van der Waals surface area (Å²) in [5.41, 5.74) is 0.542. The Morgan fingerprint density at radius 1 is 1.26 bits per heavy atom. The Hall–Kier alpha value is -1.38. The minimum atomic E-state index is -0.295. The molecule has 3 rings (SSSR count). The highest BCUT2D eigenvalue weighted by Crippen LogP contribution is 2.28. The highest BCUT2D eigenvalue weighted by atomic mass is 35.5. The number of amides is 1. The molecule has 2 heterocycles. The Kier molecular flexibility index (Phi) is 8.31. The average Bonchev–Trinajstić information content (AvgIpc) is 3.06. The van der Waals surface area contributed by atoms with Crippen LogP contribution in [0.15, 0.2) is 18.2 Å². The number of nitrogens with zero attached hydrogens (tertiary/aromatic N) is 4. The van der Waals surface area contributed by atoms with Crippen LogP contribution >= 0.6 is 35.6 Å². The Labute approximate surface area is 174 Å². The predicted molar refractivity (Wildman–Crippen MR) is 110 cm³/mol. The van der Waals surface area contributed by atoms with Gasteiger partial charge in [0.05, 0.1) is 10.0 Å². The van der Waals surface area contributed by atoms with Gasteiger partial charge in [-0.2, -0.15) is 0 Å². The zero-order valence-electron chi connectivity index (χ0n) is 15.0. The van der Waals surface area contributed by atoms with E-state index in [2.05, 4.69) is 25.6 Å². The lowest BCUT2D eigenvalue weighted by atomic mass is 10.3. The molecule has 7 nitrogen and oxygen atoms in total. The van der Waals surface area contributed by atoms with Crippen LogP contribution in [-0.4, -0.2) is 64.8 Å². The number of piperazine rings is 1. The maximum atomic E-state index is 12.4. The van der Waals surface area contributed by atoms with Gasteiger partial charge < -0.3 is 10.6 Å². The van der Waals surface area contributed by atoms with Crippen molar-refractivity contribution in [1.29, 1.82) is 0 Å². The molecule has 2 aromatic rings. The van der Waals surface area contributed by atoms with Crippen molar-refractivity contribution in [3.05, 3.63) is 39.9 Å². The van der Waals surface area contributed by atoms with Gasteiger partial charge in [0.15, 0.2) is 0 Å². The Morgan fingerprint density at radius 2 is 1.93 bits per heavy atom. The number of carbonyl (C=O) groups excluding carboxylic acids is 1. The van der Waals surface area contributed by atoms with Crippen LogP contribution in [0.2, 0.25) is 10.0 Å². The van der Waals surface area contributed by atoms with Crippen LogP contribution in [0, 0.1) is 0 Å². The van der Waals surface area contributed by atoms with E-state index in [4.69, 9.17) is 23.2 Å². The number of nitrogens with one attached hydrogen (secondary N) is 2. The SMILES string of the molecule is CCc1nc(C(=O)NCCN2CCNCC2)nn1-c1c(Cl)cccc1Cl.Cl. The predicted octanol–water partition coefficient (Wildman–Crippen LogP) is 2.19. The second-order valence-corrected chi connectivity index (χ2v) is 6.85. The second kappa shape index (κ2) is 10.2. The van der Waals surface area contributed by atoms with E-state index in [1.165, 1.54) is 0 Å². The highest BCUT2D eigenvalue weighted by Gasteiger charge is 2.19. The summed E-state index contributed by atoms with van der Waals surface area (Å²) >= 11 is 12.5. The number of halogens is 3. The smallest absolute Gasteiger partial charge is 0.291 e. The zero-order chi connectivity index (χ0) is 18.5. The maximum absolute atomic E-state index is 12.4. The summed E-state index contributed by atoms with van der Waals surface area (Å²) in [6.45, 7) is 7.27. The minimum Gasteiger partial charge on any atom is -0.348 e. The molecule has 0 unspecified atom stereocenters. The topological polar surface area (TPSA) is 75.1 Å². The van der Waals surface area contributed by atoms with Crippen LogP contribution in [0.5, 0.6) is 0 Å². The van der Waals surface area contributed by atoms with Crippen molar-refractivity contribution in [2.45, 2.75) is 13.3 Å². The molecule has 1 saturated heterocycles. The van der Waals surface area contributed by atoms with Gasteiger partial charge in [-0.25, -0.2) is 9.67 Å². The molecule has 0 atom stereocenters. The monoisotopic (exact) mass is 432 g/mol. The van der Waals surface area contributed by atoms with Crippen molar-refractivity contribution in [3.63, 3.8) is 0 Å². The van der Waals surface area contributed by atoms with E-state index in [-0.39, 0.29) is 24.1 Å². The van der Waals surface area contributed by atoms with Gasteiger partial charge in [-0.1, -0.05) is 36.2 Å². The number of hydrogen-bond acceptors (Lipinski definition) is 5. The van der Waals surface area contributed by atoms with Gasteiger partial charge in [0, 0.05) is 45.7 Å². The van der Waals surface area contributed by atoms with Crippen molar-refractivity contribution in [3.8, 4) is 5.69 Å². The first kappa shape index (κ1) is 21.9. The molecule has 0 saturated carbocycles. The van der Waals surface area contributed by atoms with Crippen LogP contribution < -0.4 is 10.6 Å². The lowest BCUT2D eigenvalue weighted by molar-refractivity contribution is 0.0937. The molecular formula is C17H23Cl3N6O. The van der Waals surface area contributed by atoms with Crippen molar-refractivity contribution in [2.24, 2.45) is 0 Å². The van der Waals surface area contributed by atoms with Gasteiger partial charge >= 0.3 is 0 Å². The fraction of sp³-hybridized carbons (Fsp3) is 0.471. The number of para-hydroxylation sites is 1. The summed E-state index contributed by atoms with van der Waals surface area (Å²) in [5, 5.41) is 11.5. The van der Waals surface area contributed by atoms with Crippen molar-refractivity contribution in [2.75, 3.05) is 39.3 Å². The summed E-state index contributed by atoms with van der Waals surface area (Å²) in [5.74, 6) is 0.460. The normalized spacial score (nSPS) is 14.6. The van der Waals surface area contributed by atoms with E-state index in [0.29, 0.717) is 34.5 Å². The average molecular weight is 434 g/mol. The number of hydrogen-bond donors (Lipinski definition) is 2. The number of benzene rings is 1. The van der Waals surface area contributed by atoms with Crippen LogP contribution in [0.25, 0.3) is 5.69 Å². The van der Waals surface area contributed by atoms with Gasteiger partial charge in [0.1, 0.15) is 11.5 Å². The van der Waals surface area contributed by atoms with Crippen molar-refractivity contribution < 1.29 is 4.79 Å². The van der Waals surface area contributed by atoms with Crippen molar-refractivity contribution in [1.82, 2.24) is 30.3 Å². The standard InChI is InChI=1S/C17H22Cl2N6O.ClH/c1-2-14-22-16(17(26)21-8-11-24-9-6-20-7-10-24)23-25(14)15-12(18)4-3-5-13(15)19;/h3-5,20H,2,6-11H2,1H3,(H,21,26);1H. The molecule has 1 aromatic heterocycles. The molecule has 0 radical (unpaired) electrons. The third kappa shape index (κ3) is 5.33. The third-order valence-electron chi connectivity index (χ3n) is 4.27. The summed E-state index contributed by atoms with van der Waals surface area (Å²) in [6, 6.07) is 5.23. The molecule has 1 amide bonds. The van der Waals surface area contributed by atoms with Gasteiger partial charge in [-0.15, -0.1) is 17.5 Å². The third-order valence-corrected chi connectivity index (χ3v) is 4.88. The Balaban J connectivity index is 0.00000261. The highest BCUT2D eigenvalue weighted by molar-refractivity contribution is 6.37. The lowest BCUT2D eigenvalue weighted by Crippen LogP contribution is -2.46. The molecule has 2 N–H and O–H groups in total. The molecule has 10 heteroatoms. The van der Waals surface area contributed by atoms with Gasteiger partial charge in [0.25, 0.3) is 5.91 Å². The van der Waals surface area contributed by atoms with Gasteiger partial charge in [-0.05, 0) is 12.1 Å². The quantitative estimate of drug-likeness (QED) is 0.730. The molecule has 1 aromatic carbocycles. The van der Waals surface area contributed by atoms with E-state index in [1.54, 1.807) is 22.9 Å². The first-order chi connectivity index (χ1) is 12.6. The maximum Gasteiger partial charge on any atom is 0.291 e. The van der Waals surface area contributed by atoms with Crippen LogP contribution in [0.1, 0.15) is 23.4 Å². The molecule has 27 heavy (non-hydrogen) atoms. The number of rotatable bonds is 6. The van der Waals surface area contributed by atoms with E-state index in [0.717, 1.165) is 32.7 Å². The lowest BCUT2D eigenvalue weighted by Gasteiger charge is -2.26. The summed E-state index contributed by atoms with van der Waals surface area (Å²) in [4.78, 5) is 19.1. The molecule has 1 aliphatic heterocycles. The first-order valence-electron chi connectivity index (χ1n) is 8.71. The molecule has 0 aliphatic carbocycles. The molecule has 0 spiro atoms. The zero-order valence-corrected chi connectivity index (χ0v) is 17.4. The van der Waals surface area contributed by atoms with Gasteiger partial charge in [0.2, 0.25) is 5.82 Å². The van der Waals surface area contributed by atoms with Crippen LogP contribution in [0.4, 0.5) is 0 Å². The number of carbonyl (C=O) groups is 1. The summed E-state index contributed by atoms with van der Waals surface area (Å²) < 4.78 is 1.55. The van der Waals surface area contributed by atoms with Gasteiger partial charge in [-0.3, -0.25) is 9.69 Å². The van der Waals surface area contributed by atoms with E-state index in [9.17, 15) is 4.79 Å². The number of aryl methyl sites for hydroxylation is 1. The molecule has 148 valence electrons. The van der Waals surface area contributed by atoms with Crippen LogP contribution in [-0.2, 0) is 6.42 Å². The molecule has 1 fully saturated rings. The van der Waals surface area contributed by atoms with Crippen molar-refractivity contribution >= 4 is 41.5 Å². The molecule has 1 aliphatic rings. The fourth-order valence-electron chi connectivity index (χ4n) is 2.88. The summed E-state index contributed by atoms with van der Waals surface area (Å²) in [7, 11) is 0. The Bertz CT molecular complexity index is 756. The Morgan fingerprint density at radius 3 is 2.56 bits per heavy atom. The van der Waals surface area contributed by atoms with Crippen LogP contribution in [0.3, 0.4) is 0 Å². The molecule has 0 bridgehead atoms. The minimum absolute atomic E-state index is 0. The molecular weight excluding hydrogens is 411 g/mol. The number of aromatic nitrogens is 3. The first-order valence-corrected chi connectivity index (χ1v) is 9.47. The largest absolute Gasteiger partial charge is 0.348 e. The van der Waals surface area contributed by atoms with E-state index >= 15 is 0 Å². The van der Waals surface area contributed by atoms with E-state index < -0.39 is 0 Å². The van der Waals surface area contributed by atoms with E-state index in [1.807, 2.05) is 6.92 Å². The fourth-order valence-corrected chi connectivity index (χ4v) is 3.44. The second-order valence-electron chi connectivity index (χ2n) is 6.03. The summed E-state index contributed by atoms with van der Waals surface area (Å²) in [6.07, 6.45) is 0.600.